The number of ether oxygens (including phenoxy) is 3. The van der Waals surface area contributed by atoms with Crippen LogP contribution >= 0.6 is 0 Å². The summed E-state index contributed by atoms with van der Waals surface area (Å²) in [5, 5.41) is 4.13. The van der Waals surface area contributed by atoms with Crippen molar-refractivity contribution in [2.75, 3.05) is 18.6 Å². The zero-order valence-corrected chi connectivity index (χ0v) is 21.0. The van der Waals surface area contributed by atoms with Crippen molar-refractivity contribution in [2.45, 2.75) is 64.5 Å². The molecule has 8 nitrogen and oxygen atoms in total. The fourth-order valence-corrected chi connectivity index (χ4v) is 6.77. The summed E-state index contributed by atoms with van der Waals surface area (Å²) >= 11 is 0. The van der Waals surface area contributed by atoms with Gasteiger partial charge in [-0.1, -0.05) is 30.5 Å². The third kappa shape index (κ3) is 3.52. The topological polar surface area (TPSA) is 91.1 Å². The molecular weight excluding hydrogens is 460 g/mol. The Balaban J connectivity index is 1.46. The number of aromatic nitrogens is 1. The zero-order valence-electron chi connectivity index (χ0n) is 21.0. The van der Waals surface area contributed by atoms with Crippen molar-refractivity contribution in [3.8, 4) is 11.5 Å². The Kier molecular flexibility index (Phi) is 5.77. The number of hydrogen-bond acceptors (Lipinski definition) is 7. The van der Waals surface area contributed by atoms with Crippen molar-refractivity contribution >= 4 is 17.5 Å². The number of hydrogen-bond donors (Lipinski definition) is 0. The van der Waals surface area contributed by atoms with Gasteiger partial charge in [0, 0.05) is 6.07 Å². The van der Waals surface area contributed by atoms with Gasteiger partial charge in [-0.2, -0.15) is 0 Å². The van der Waals surface area contributed by atoms with Crippen LogP contribution in [0.2, 0.25) is 0 Å². The zero-order chi connectivity index (χ0) is 25.0. The summed E-state index contributed by atoms with van der Waals surface area (Å²) in [6.07, 6.45) is 6.25. The van der Waals surface area contributed by atoms with Gasteiger partial charge in [-0.05, 0) is 62.6 Å². The van der Waals surface area contributed by atoms with E-state index in [0.29, 0.717) is 47.1 Å². The second-order valence-electron chi connectivity index (χ2n) is 10.3. The normalized spacial score (nSPS) is 29.4. The number of Topliss-reactive ketones (excluding diaryl/α,β-unsaturated/α-hetero) is 1. The number of ketones is 1. The minimum atomic E-state index is -0.681. The van der Waals surface area contributed by atoms with Crippen LogP contribution in [-0.4, -0.2) is 36.7 Å². The molecule has 1 aromatic heterocycles. The summed E-state index contributed by atoms with van der Waals surface area (Å²) in [7, 11) is 1.58. The Labute approximate surface area is 210 Å². The first-order valence-corrected chi connectivity index (χ1v) is 13.0. The standard InChI is InChI=1S/C28H32N2O6/c1-4-34-20-12-10-17(14-21(20)33-3)24-23-25(31)19-11-9-16-7-5-6-8-18(16)26(19)35-27(23)28(32)30(24)22-13-15(2)36-29-22/h10,12-14,16,18-19,24,26H,4-9,11H2,1-3H3. The molecule has 2 aliphatic heterocycles. The SMILES string of the molecule is CCOc1ccc(C2C3=C(OC4C(CCC5CCCCC54)C3=O)C(=O)N2c2cc(C)on2)cc1OC. The molecule has 0 spiro atoms. The van der Waals surface area contributed by atoms with E-state index >= 15 is 0 Å². The molecule has 1 aromatic carbocycles. The first kappa shape index (κ1) is 23.1. The van der Waals surface area contributed by atoms with Crippen LogP contribution in [0.3, 0.4) is 0 Å². The van der Waals surface area contributed by atoms with Crippen molar-refractivity contribution in [1.29, 1.82) is 0 Å². The molecule has 3 heterocycles. The molecule has 2 fully saturated rings. The molecule has 36 heavy (non-hydrogen) atoms. The average Bonchev–Trinajstić information content (AvgIpc) is 3.45. The number of benzene rings is 1. The van der Waals surface area contributed by atoms with Crippen molar-refractivity contribution in [3.63, 3.8) is 0 Å². The van der Waals surface area contributed by atoms with Gasteiger partial charge in [0.05, 0.1) is 31.2 Å². The number of carbonyl (C=O) groups is 2. The highest BCUT2D eigenvalue weighted by Crippen LogP contribution is 2.53. The molecular formula is C28H32N2O6. The van der Waals surface area contributed by atoms with Gasteiger partial charge in [0.2, 0.25) is 0 Å². The van der Waals surface area contributed by atoms with Crippen LogP contribution in [0, 0.1) is 24.7 Å². The van der Waals surface area contributed by atoms with E-state index in [4.69, 9.17) is 18.7 Å². The summed E-state index contributed by atoms with van der Waals surface area (Å²) in [6, 6.07) is 6.55. The van der Waals surface area contributed by atoms with E-state index in [0.717, 1.165) is 31.2 Å². The minimum Gasteiger partial charge on any atom is -0.493 e. The lowest BCUT2D eigenvalue weighted by atomic mass is 9.63. The maximum atomic E-state index is 14.1. The summed E-state index contributed by atoms with van der Waals surface area (Å²) in [6.45, 7) is 4.18. The van der Waals surface area contributed by atoms with E-state index in [-0.39, 0.29) is 29.5 Å². The molecule has 0 N–H and O–H groups in total. The highest BCUT2D eigenvalue weighted by molar-refractivity contribution is 6.17. The molecule has 5 atom stereocenters. The van der Waals surface area contributed by atoms with E-state index in [9.17, 15) is 9.59 Å². The third-order valence-electron chi connectivity index (χ3n) is 8.35. The molecule has 2 saturated carbocycles. The number of aryl methyl sites for hydroxylation is 1. The van der Waals surface area contributed by atoms with Crippen molar-refractivity contribution in [3.05, 3.63) is 46.9 Å². The van der Waals surface area contributed by atoms with Gasteiger partial charge >= 0.3 is 0 Å². The quantitative estimate of drug-likeness (QED) is 0.585. The molecule has 2 aromatic rings. The second-order valence-corrected chi connectivity index (χ2v) is 10.3. The third-order valence-corrected chi connectivity index (χ3v) is 8.35. The maximum absolute atomic E-state index is 14.1. The van der Waals surface area contributed by atoms with Crippen LogP contribution in [0.5, 0.6) is 11.5 Å². The average molecular weight is 493 g/mol. The van der Waals surface area contributed by atoms with Crippen LogP contribution < -0.4 is 14.4 Å². The summed E-state index contributed by atoms with van der Waals surface area (Å²) in [5.74, 6) is 2.62. The fraction of sp³-hybridized carbons (Fsp3) is 0.536. The number of fused-ring (bicyclic) bond motifs is 3. The number of carbonyl (C=O) groups excluding carboxylic acids is 2. The number of nitrogens with zero attached hydrogens (tertiary/aromatic N) is 2. The van der Waals surface area contributed by atoms with Gasteiger partial charge in [-0.15, -0.1) is 0 Å². The molecule has 0 bridgehead atoms. The van der Waals surface area contributed by atoms with E-state index < -0.39 is 6.04 Å². The molecule has 5 unspecified atom stereocenters. The van der Waals surface area contributed by atoms with E-state index in [2.05, 4.69) is 5.16 Å². The Bertz CT molecular complexity index is 1230. The Morgan fingerprint density at radius 2 is 1.92 bits per heavy atom. The Morgan fingerprint density at radius 3 is 2.67 bits per heavy atom. The maximum Gasteiger partial charge on any atom is 0.295 e. The number of methoxy groups -OCH3 is 1. The Hall–Kier alpha value is -3.29. The van der Waals surface area contributed by atoms with Crippen LogP contribution in [0.25, 0.3) is 0 Å². The molecule has 0 radical (unpaired) electrons. The molecule has 8 heteroatoms. The predicted molar refractivity (Wildman–Crippen MR) is 131 cm³/mol. The van der Waals surface area contributed by atoms with E-state index in [1.807, 2.05) is 25.1 Å². The molecule has 1 amide bonds. The van der Waals surface area contributed by atoms with Crippen LogP contribution in [-0.2, 0) is 14.3 Å². The Morgan fingerprint density at radius 1 is 1.08 bits per heavy atom. The second kappa shape index (κ2) is 8.98. The number of rotatable bonds is 5. The molecule has 0 saturated heterocycles. The number of amides is 1. The smallest absolute Gasteiger partial charge is 0.295 e. The van der Waals surface area contributed by atoms with Gasteiger partial charge in [0.1, 0.15) is 11.9 Å². The lowest BCUT2D eigenvalue weighted by Crippen LogP contribution is -2.48. The van der Waals surface area contributed by atoms with Crippen LogP contribution in [0.1, 0.15) is 62.8 Å². The summed E-state index contributed by atoms with van der Waals surface area (Å²) in [4.78, 5) is 29.6. The van der Waals surface area contributed by atoms with Gasteiger partial charge in [-0.25, -0.2) is 0 Å². The van der Waals surface area contributed by atoms with E-state index in [1.54, 1.807) is 20.1 Å². The van der Waals surface area contributed by atoms with Gasteiger partial charge < -0.3 is 18.7 Å². The van der Waals surface area contributed by atoms with Crippen molar-refractivity contribution < 1.29 is 28.3 Å². The first-order chi connectivity index (χ1) is 17.5. The van der Waals surface area contributed by atoms with Gasteiger partial charge in [0.25, 0.3) is 5.91 Å². The lowest BCUT2D eigenvalue weighted by molar-refractivity contribution is -0.139. The first-order valence-electron chi connectivity index (χ1n) is 13.0. The van der Waals surface area contributed by atoms with Gasteiger partial charge in [0.15, 0.2) is 28.9 Å². The number of anilines is 1. The summed E-state index contributed by atoms with van der Waals surface area (Å²) < 4.78 is 23.1. The molecule has 6 rings (SSSR count). The lowest BCUT2D eigenvalue weighted by Gasteiger charge is -2.46. The van der Waals surface area contributed by atoms with E-state index in [1.165, 1.54) is 17.7 Å². The van der Waals surface area contributed by atoms with Crippen molar-refractivity contribution in [2.24, 2.45) is 17.8 Å². The summed E-state index contributed by atoms with van der Waals surface area (Å²) in [5.41, 5.74) is 1.15. The van der Waals surface area contributed by atoms with Crippen LogP contribution in [0.15, 0.2) is 40.1 Å². The monoisotopic (exact) mass is 492 g/mol. The van der Waals surface area contributed by atoms with Crippen molar-refractivity contribution in [1.82, 2.24) is 5.16 Å². The molecule has 190 valence electrons. The van der Waals surface area contributed by atoms with Crippen LogP contribution in [0.4, 0.5) is 5.82 Å². The predicted octanol–water partition coefficient (Wildman–Crippen LogP) is 4.92. The minimum absolute atomic E-state index is 0.0270. The van der Waals surface area contributed by atoms with Gasteiger partial charge in [-0.3, -0.25) is 14.5 Å². The largest absolute Gasteiger partial charge is 0.493 e. The highest BCUT2D eigenvalue weighted by Gasteiger charge is 2.56. The fourth-order valence-electron chi connectivity index (χ4n) is 6.77. The highest BCUT2D eigenvalue weighted by atomic mass is 16.5. The molecule has 2 aliphatic carbocycles. The molecule has 4 aliphatic rings.